The van der Waals surface area contributed by atoms with Gasteiger partial charge in [-0.05, 0) is 23.6 Å². The van der Waals surface area contributed by atoms with Crippen molar-refractivity contribution in [2.24, 2.45) is 7.05 Å². The van der Waals surface area contributed by atoms with Gasteiger partial charge in [-0.3, -0.25) is 9.59 Å². The van der Waals surface area contributed by atoms with Crippen LogP contribution in [0.4, 0.5) is 0 Å². The molecule has 0 bridgehead atoms. The minimum absolute atomic E-state index is 0.0441. The van der Waals surface area contributed by atoms with Crippen molar-refractivity contribution in [1.82, 2.24) is 14.9 Å². The number of amides is 1. The number of pyridine rings is 2. The third-order valence-corrected chi connectivity index (χ3v) is 4.36. The van der Waals surface area contributed by atoms with Gasteiger partial charge in [0.25, 0.3) is 5.91 Å². The lowest BCUT2D eigenvalue weighted by atomic mass is 10.1. The Morgan fingerprint density at radius 2 is 2.04 bits per heavy atom. The van der Waals surface area contributed by atoms with Crippen molar-refractivity contribution >= 4 is 28.4 Å². The fourth-order valence-corrected chi connectivity index (χ4v) is 2.82. The third kappa shape index (κ3) is 3.83. The molecule has 142 valence electrons. The van der Waals surface area contributed by atoms with Gasteiger partial charge in [0, 0.05) is 24.8 Å². The van der Waals surface area contributed by atoms with Gasteiger partial charge in [-0.25, -0.2) is 4.98 Å². The van der Waals surface area contributed by atoms with E-state index >= 15 is 0 Å². The normalized spacial score (nSPS) is 10.4. The highest BCUT2D eigenvalue weighted by atomic mass is 35.5. The van der Waals surface area contributed by atoms with E-state index in [9.17, 15) is 14.7 Å². The minimum Gasteiger partial charge on any atom is -0.504 e. The largest absolute Gasteiger partial charge is 0.504 e. The number of nitrogens with zero attached hydrogens (tertiary/aromatic N) is 2. The number of aliphatic hydroxyl groups excluding tert-OH is 1. The Hall–Kier alpha value is -3.34. The minimum atomic E-state index is -0.631. The molecular weight excluding hydrogens is 382 g/mol. The molecule has 0 aliphatic carbocycles. The van der Waals surface area contributed by atoms with Crippen LogP contribution in [0.25, 0.3) is 10.9 Å². The van der Waals surface area contributed by atoms with Crippen LogP contribution in [0.15, 0.2) is 41.5 Å². The fraction of sp³-hybridized carbons (Fsp3) is 0.150. The van der Waals surface area contributed by atoms with Crippen LogP contribution in [0.1, 0.15) is 21.6 Å². The van der Waals surface area contributed by atoms with E-state index in [1.807, 2.05) is 0 Å². The molecule has 2 heterocycles. The number of carbonyl (C=O) groups is 1. The molecule has 0 radical (unpaired) electrons. The molecule has 0 unspecified atom stereocenters. The summed E-state index contributed by atoms with van der Waals surface area (Å²) >= 11 is 5.84. The van der Waals surface area contributed by atoms with Gasteiger partial charge in [0.05, 0.1) is 17.1 Å². The van der Waals surface area contributed by atoms with Crippen LogP contribution in [-0.2, 0) is 13.6 Å². The van der Waals surface area contributed by atoms with Gasteiger partial charge in [-0.15, -0.1) is 0 Å². The molecule has 2 aromatic heterocycles. The summed E-state index contributed by atoms with van der Waals surface area (Å²) in [4.78, 5) is 29.4. The number of rotatable bonds is 3. The van der Waals surface area contributed by atoms with Gasteiger partial charge in [0.15, 0.2) is 11.4 Å². The van der Waals surface area contributed by atoms with Crippen molar-refractivity contribution in [3.63, 3.8) is 0 Å². The lowest BCUT2D eigenvalue weighted by molar-refractivity contribution is 0.0949. The Balaban J connectivity index is 2.00. The molecule has 0 spiro atoms. The number of nitrogens with one attached hydrogen (secondary N) is 1. The van der Waals surface area contributed by atoms with Crippen LogP contribution < -0.4 is 10.7 Å². The number of halogens is 1. The van der Waals surface area contributed by atoms with E-state index in [2.05, 4.69) is 22.1 Å². The zero-order valence-electron chi connectivity index (χ0n) is 14.9. The van der Waals surface area contributed by atoms with Crippen molar-refractivity contribution in [3.05, 3.63) is 68.7 Å². The van der Waals surface area contributed by atoms with Crippen LogP contribution in [0.2, 0.25) is 5.02 Å². The first-order valence-electron chi connectivity index (χ1n) is 8.26. The molecule has 8 heteroatoms. The maximum absolute atomic E-state index is 12.8. The molecular formula is C20H16ClN3O4. The average molecular weight is 398 g/mol. The second-order valence-electron chi connectivity index (χ2n) is 5.97. The van der Waals surface area contributed by atoms with E-state index < -0.39 is 23.7 Å². The van der Waals surface area contributed by atoms with Crippen LogP contribution in [0.5, 0.6) is 5.75 Å². The van der Waals surface area contributed by atoms with Crippen molar-refractivity contribution in [3.8, 4) is 17.6 Å². The molecule has 0 aliphatic rings. The van der Waals surface area contributed by atoms with Gasteiger partial charge in [-0.2, -0.15) is 0 Å². The van der Waals surface area contributed by atoms with Crippen LogP contribution in [0, 0.1) is 11.8 Å². The molecule has 0 saturated carbocycles. The second-order valence-corrected chi connectivity index (χ2v) is 6.40. The van der Waals surface area contributed by atoms with E-state index in [1.165, 1.54) is 17.0 Å². The first-order valence-corrected chi connectivity index (χ1v) is 8.64. The Bertz CT molecular complexity index is 1170. The Morgan fingerprint density at radius 1 is 1.32 bits per heavy atom. The van der Waals surface area contributed by atoms with Gasteiger partial charge in [0.1, 0.15) is 12.2 Å². The highest BCUT2D eigenvalue weighted by Gasteiger charge is 2.19. The molecule has 3 N–H and O–H groups in total. The van der Waals surface area contributed by atoms with Crippen LogP contribution in [-0.4, -0.2) is 32.3 Å². The highest BCUT2D eigenvalue weighted by Crippen LogP contribution is 2.23. The molecule has 7 nitrogen and oxygen atoms in total. The number of aromatic hydroxyl groups is 1. The summed E-state index contributed by atoms with van der Waals surface area (Å²) in [7, 11) is 1.64. The maximum Gasteiger partial charge on any atom is 0.257 e. The number of hydrogen-bond acceptors (Lipinski definition) is 5. The fourth-order valence-electron chi connectivity index (χ4n) is 2.70. The number of aromatic nitrogens is 2. The topological polar surface area (TPSA) is 104 Å². The smallest absolute Gasteiger partial charge is 0.257 e. The summed E-state index contributed by atoms with van der Waals surface area (Å²) in [6.07, 6.45) is 2.77. The van der Waals surface area contributed by atoms with Crippen molar-refractivity contribution in [1.29, 1.82) is 0 Å². The van der Waals surface area contributed by atoms with E-state index in [4.69, 9.17) is 16.7 Å². The summed E-state index contributed by atoms with van der Waals surface area (Å²) in [5.74, 6) is 3.85. The SMILES string of the molecule is Cn1cc(C(=O)NCc2ccc(Cl)cc2)c(=O)c2c(O)c(C#CCO)ncc21. The predicted molar refractivity (Wildman–Crippen MR) is 105 cm³/mol. The monoisotopic (exact) mass is 397 g/mol. The summed E-state index contributed by atoms with van der Waals surface area (Å²) in [6, 6.07) is 6.95. The summed E-state index contributed by atoms with van der Waals surface area (Å²) in [6.45, 7) is -0.197. The Labute approximate surface area is 165 Å². The standard InChI is InChI=1S/C20H16ClN3O4/c1-24-11-14(20(28)23-9-12-4-6-13(21)7-5-12)18(26)17-16(24)10-22-15(19(17)27)3-2-8-25/h4-7,10-11,25,27H,8-9H2,1H3,(H,23,28). The molecule has 0 atom stereocenters. The van der Waals surface area contributed by atoms with Crippen molar-refractivity contribution < 1.29 is 15.0 Å². The molecule has 0 saturated heterocycles. The van der Waals surface area contributed by atoms with Crippen molar-refractivity contribution in [2.45, 2.75) is 6.54 Å². The number of aliphatic hydroxyl groups is 1. The Morgan fingerprint density at radius 3 is 2.71 bits per heavy atom. The summed E-state index contributed by atoms with van der Waals surface area (Å²) < 4.78 is 1.53. The van der Waals surface area contributed by atoms with Crippen LogP contribution in [0.3, 0.4) is 0 Å². The Kier molecular flexibility index (Phi) is 5.64. The van der Waals surface area contributed by atoms with Crippen LogP contribution >= 0.6 is 11.6 Å². The number of aryl methyl sites for hydroxylation is 1. The second kappa shape index (κ2) is 8.13. The first kappa shape index (κ1) is 19.4. The highest BCUT2D eigenvalue weighted by molar-refractivity contribution is 6.30. The molecule has 1 amide bonds. The van der Waals surface area contributed by atoms with Crippen molar-refractivity contribution in [2.75, 3.05) is 6.61 Å². The lowest BCUT2D eigenvalue weighted by Gasteiger charge is -2.11. The average Bonchev–Trinajstić information content (AvgIpc) is 2.69. The molecule has 28 heavy (non-hydrogen) atoms. The van der Waals surface area contributed by atoms with Gasteiger partial charge in [-0.1, -0.05) is 29.7 Å². The summed E-state index contributed by atoms with van der Waals surface area (Å²) in [5.41, 5.74) is 0.382. The van der Waals surface area contributed by atoms with E-state index in [-0.39, 0.29) is 23.2 Å². The molecule has 3 rings (SSSR count). The number of hydrogen-bond donors (Lipinski definition) is 3. The third-order valence-electron chi connectivity index (χ3n) is 4.10. The summed E-state index contributed by atoms with van der Waals surface area (Å²) in [5, 5.41) is 22.4. The zero-order valence-corrected chi connectivity index (χ0v) is 15.6. The molecule has 1 aromatic carbocycles. The van der Waals surface area contributed by atoms with E-state index in [0.717, 1.165) is 5.56 Å². The lowest BCUT2D eigenvalue weighted by Crippen LogP contribution is -2.29. The molecule has 0 fully saturated rings. The number of carbonyl (C=O) groups excluding carboxylic acids is 1. The zero-order chi connectivity index (χ0) is 20.3. The quantitative estimate of drug-likeness (QED) is 0.582. The maximum atomic E-state index is 12.8. The predicted octanol–water partition coefficient (Wildman–Crippen LogP) is 1.57. The molecule has 3 aromatic rings. The first-order chi connectivity index (χ1) is 13.4. The van der Waals surface area contributed by atoms with E-state index in [1.54, 1.807) is 31.3 Å². The van der Waals surface area contributed by atoms with Gasteiger partial charge >= 0.3 is 0 Å². The molecule has 0 aliphatic heterocycles. The van der Waals surface area contributed by atoms with E-state index in [0.29, 0.717) is 10.5 Å². The van der Waals surface area contributed by atoms with Gasteiger partial charge < -0.3 is 20.1 Å². The number of fused-ring (bicyclic) bond motifs is 1. The number of benzene rings is 1. The van der Waals surface area contributed by atoms with Gasteiger partial charge in [0.2, 0.25) is 5.43 Å².